The standard InChI is InChI=1S/C22H29N3O/c1-17(19-9-5-3-6-10-19)15-23-22(26)18(2)25-14-13-21(16-25)24-20-11-7-4-8-12-20/h3-12,17-18,21,24H,13-16H2,1-2H3,(H,23,26). The molecule has 3 unspecified atom stereocenters. The summed E-state index contributed by atoms with van der Waals surface area (Å²) in [5, 5.41) is 6.68. The Morgan fingerprint density at radius 1 is 1.08 bits per heavy atom. The van der Waals surface area contributed by atoms with Gasteiger partial charge in [-0.2, -0.15) is 0 Å². The number of anilines is 1. The fourth-order valence-electron chi connectivity index (χ4n) is 3.49. The van der Waals surface area contributed by atoms with Crippen LogP contribution in [0.5, 0.6) is 0 Å². The van der Waals surface area contributed by atoms with Gasteiger partial charge in [0.1, 0.15) is 0 Å². The first kappa shape index (κ1) is 18.5. The molecule has 0 saturated carbocycles. The molecule has 1 heterocycles. The van der Waals surface area contributed by atoms with Crippen molar-refractivity contribution in [2.24, 2.45) is 0 Å². The number of carbonyl (C=O) groups is 1. The van der Waals surface area contributed by atoms with Gasteiger partial charge in [-0.15, -0.1) is 0 Å². The van der Waals surface area contributed by atoms with Gasteiger partial charge in [0.05, 0.1) is 6.04 Å². The zero-order valence-electron chi connectivity index (χ0n) is 15.7. The molecule has 4 nitrogen and oxygen atoms in total. The molecular weight excluding hydrogens is 322 g/mol. The largest absolute Gasteiger partial charge is 0.381 e. The van der Waals surface area contributed by atoms with Crippen LogP contribution in [0.15, 0.2) is 60.7 Å². The zero-order chi connectivity index (χ0) is 18.4. The molecule has 1 aliphatic rings. The Morgan fingerprint density at radius 2 is 1.73 bits per heavy atom. The Morgan fingerprint density at radius 3 is 2.42 bits per heavy atom. The molecule has 2 aromatic carbocycles. The molecule has 0 aliphatic carbocycles. The Kier molecular flexibility index (Phi) is 6.29. The number of benzene rings is 2. The highest BCUT2D eigenvalue weighted by molar-refractivity contribution is 5.81. The van der Waals surface area contributed by atoms with Crippen LogP contribution in [0.25, 0.3) is 0 Å². The summed E-state index contributed by atoms with van der Waals surface area (Å²) in [4.78, 5) is 14.8. The number of carbonyl (C=O) groups excluding carboxylic acids is 1. The summed E-state index contributed by atoms with van der Waals surface area (Å²) in [6.07, 6.45) is 1.06. The third-order valence-electron chi connectivity index (χ3n) is 5.24. The molecule has 1 amide bonds. The van der Waals surface area contributed by atoms with E-state index < -0.39 is 0 Å². The number of nitrogens with zero attached hydrogens (tertiary/aromatic N) is 1. The minimum absolute atomic E-state index is 0.0967. The molecule has 138 valence electrons. The van der Waals surface area contributed by atoms with Gasteiger partial charge in [-0.1, -0.05) is 55.5 Å². The molecule has 26 heavy (non-hydrogen) atoms. The minimum Gasteiger partial charge on any atom is -0.381 e. The number of rotatable bonds is 7. The first-order valence-corrected chi connectivity index (χ1v) is 9.52. The maximum Gasteiger partial charge on any atom is 0.237 e. The molecule has 0 bridgehead atoms. The topological polar surface area (TPSA) is 44.4 Å². The van der Waals surface area contributed by atoms with Crippen molar-refractivity contribution in [3.05, 3.63) is 66.2 Å². The quantitative estimate of drug-likeness (QED) is 0.803. The third kappa shape index (κ3) is 4.85. The van der Waals surface area contributed by atoms with E-state index in [1.807, 2.05) is 43.3 Å². The van der Waals surface area contributed by atoms with Crippen LogP contribution in [0, 0.1) is 0 Å². The van der Waals surface area contributed by atoms with Crippen LogP contribution < -0.4 is 10.6 Å². The normalized spacial score (nSPS) is 19.7. The second-order valence-corrected chi connectivity index (χ2v) is 7.22. The molecule has 2 N–H and O–H groups in total. The van der Waals surface area contributed by atoms with Crippen molar-refractivity contribution in [2.45, 2.75) is 38.3 Å². The second-order valence-electron chi connectivity index (χ2n) is 7.22. The zero-order valence-corrected chi connectivity index (χ0v) is 15.7. The van der Waals surface area contributed by atoms with Crippen molar-refractivity contribution in [3.8, 4) is 0 Å². The molecule has 2 aromatic rings. The molecule has 3 atom stereocenters. The molecule has 1 aliphatic heterocycles. The maximum absolute atomic E-state index is 12.6. The number of hydrogen-bond donors (Lipinski definition) is 2. The van der Waals surface area contributed by atoms with Crippen LogP contribution in [-0.4, -0.2) is 42.5 Å². The first-order chi connectivity index (χ1) is 12.6. The predicted molar refractivity (Wildman–Crippen MR) is 107 cm³/mol. The lowest BCUT2D eigenvalue weighted by Crippen LogP contribution is -2.45. The number of hydrogen-bond acceptors (Lipinski definition) is 3. The summed E-state index contributed by atoms with van der Waals surface area (Å²) in [6.45, 7) is 6.68. The lowest BCUT2D eigenvalue weighted by molar-refractivity contribution is -0.125. The van der Waals surface area contributed by atoms with Crippen LogP contribution in [0.3, 0.4) is 0 Å². The van der Waals surface area contributed by atoms with Crippen molar-refractivity contribution in [3.63, 3.8) is 0 Å². The van der Waals surface area contributed by atoms with E-state index in [1.54, 1.807) is 0 Å². The second kappa shape index (κ2) is 8.86. The van der Waals surface area contributed by atoms with Gasteiger partial charge in [-0.05, 0) is 37.0 Å². The summed E-state index contributed by atoms with van der Waals surface area (Å²) >= 11 is 0. The van der Waals surface area contributed by atoms with E-state index in [9.17, 15) is 4.79 Å². The third-order valence-corrected chi connectivity index (χ3v) is 5.24. The average molecular weight is 351 g/mol. The summed E-state index contributed by atoms with van der Waals surface area (Å²) in [5.41, 5.74) is 2.40. The summed E-state index contributed by atoms with van der Waals surface area (Å²) < 4.78 is 0. The van der Waals surface area contributed by atoms with Crippen molar-refractivity contribution in [2.75, 3.05) is 25.0 Å². The number of para-hydroxylation sites is 1. The minimum atomic E-state index is -0.0967. The van der Waals surface area contributed by atoms with E-state index in [-0.39, 0.29) is 11.9 Å². The molecule has 0 radical (unpaired) electrons. The molecule has 4 heteroatoms. The summed E-state index contributed by atoms with van der Waals surface area (Å²) in [6, 6.07) is 20.9. The Bertz CT molecular complexity index is 689. The Balaban J connectivity index is 1.45. The van der Waals surface area contributed by atoms with Crippen LogP contribution in [-0.2, 0) is 4.79 Å². The molecular formula is C22H29N3O. The summed E-state index contributed by atoms with van der Waals surface area (Å²) in [7, 11) is 0. The first-order valence-electron chi connectivity index (χ1n) is 9.52. The van der Waals surface area contributed by atoms with Crippen LogP contribution >= 0.6 is 0 Å². The number of nitrogens with one attached hydrogen (secondary N) is 2. The van der Waals surface area contributed by atoms with Gasteiger partial charge in [0.2, 0.25) is 5.91 Å². The Labute approximate surface area is 156 Å². The highest BCUT2D eigenvalue weighted by Crippen LogP contribution is 2.18. The van der Waals surface area contributed by atoms with Crippen LogP contribution in [0.1, 0.15) is 31.7 Å². The van der Waals surface area contributed by atoms with E-state index in [0.717, 1.165) is 25.2 Å². The van der Waals surface area contributed by atoms with Crippen molar-refractivity contribution in [1.82, 2.24) is 10.2 Å². The monoisotopic (exact) mass is 351 g/mol. The van der Waals surface area contributed by atoms with Gasteiger partial charge in [0.15, 0.2) is 0 Å². The highest BCUT2D eigenvalue weighted by atomic mass is 16.2. The van der Waals surface area contributed by atoms with Crippen molar-refractivity contribution < 1.29 is 4.79 Å². The van der Waals surface area contributed by atoms with Gasteiger partial charge in [-0.25, -0.2) is 0 Å². The Hall–Kier alpha value is -2.33. The van der Waals surface area contributed by atoms with Crippen molar-refractivity contribution >= 4 is 11.6 Å². The van der Waals surface area contributed by atoms with Gasteiger partial charge in [-0.3, -0.25) is 9.69 Å². The van der Waals surface area contributed by atoms with Gasteiger partial charge in [0, 0.05) is 31.4 Å². The fraction of sp³-hybridized carbons (Fsp3) is 0.409. The lowest BCUT2D eigenvalue weighted by atomic mass is 10.0. The average Bonchev–Trinajstić information content (AvgIpc) is 3.15. The molecule has 1 saturated heterocycles. The number of likely N-dealkylation sites (tertiary alicyclic amines) is 1. The fourth-order valence-corrected chi connectivity index (χ4v) is 3.49. The smallest absolute Gasteiger partial charge is 0.237 e. The molecule has 0 aromatic heterocycles. The summed E-state index contributed by atoms with van der Waals surface area (Å²) in [5.74, 6) is 0.437. The highest BCUT2D eigenvalue weighted by Gasteiger charge is 2.29. The van der Waals surface area contributed by atoms with Gasteiger partial charge >= 0.3 is 0 Å². The van der Waals surface area contributed by atoms with E-state index in [2.05, 4.69) is 46.7 Å². The number of amides is 1. The van der Waals surface area contributed by atoms with Gasteiger partial charge < -0.3 is 10.6 Å². The van der Waals surface area contributed by atoms with E-state index >= 15 is 0 Å². The molecule has 0 spiro atoms. The van der Waals surface area contributed by atoms with Crippen molar-refractivity contribution in [1.29, 1.82) is 0 Å². The van der Waals surface area contributed by atoms with Crippen LogP contribution in [0.4, 0.5) is 5.69 Å². The SMILES string of the molecule is CC(CNC(=O)C(C)N1CCC(Nc2ccccc2)C1)c1ccccc1. The van der Waals surface area contributed by atoms with Crippen LogP contribution in [0.2, 0.25) is 0 Å². The maximum atomic E-state index is 12.6. The lowest BCUT2D eigenvalue weighted by Gasteiger charge is -2.24. The molecule has 3 rings (SSSR count). The molecule has 1 fully saturated rings. The van der Waals surface area contributed by atoms with E-state index in [0.29, 0.717) is 18.5 Å². The van der Waals surface area contributed by atoms with E-state index in [4.69, 9.17) is 0 Å². The van der Waals surface area contributed by atoms with Gasteiger partial charge in [0.25, 0.3) is 0 Å². The predicted octanol–water partition coefficient (Wildman–Crippen LogP) is 3.48. The van der Waals surface area contributed by atoms with E-state index in [1.165, 1.54) is 5.56 Å².